The summed E-state index contributed by atoms with van der Waals surface area (Å²) in [5.41, 5.74) is 0.394. The van der Waals surface area contributed by atoms with Crippen molar-refractivity contribution in [3.05, 3.63) is 34.0 Å². The van der Waals surface area contributed by atoms with Crippen LogP contribution in [0.15, 0.2) is 23.6 Å². The predicted molar refractivity (Wildman–Crippen MR) is 64.9 cm³/mol. The summed E-state index contributed by atoms with van der Waals surface area (Å²) in [6, 6.07) is 2.29. The number of hydrogen-bond donors (Lipinski definition) is 2. The highest BCUT2D eigenvalue weighted by atomic mass is 32.1. The molecular weight excluding hydrogens is 222 g/mol. The van der Waals surface area contributed by atoms with E-state index in [0.717, 1.165) is 24.3 Å². The zero-order chi connectivity index (χ0) is 11.4. The minimum absolute atomic E-state index is 0.394. The van der Waals surface area contributed by atoms with Gasteiger partial charge in [-0.3, -0.25) is 0 Å². The second-order valence-electron chi connectivity index (χ2n) is 3.97. The molecule has 1 unspecified atom stereocenters. The van der Waals surface area contributed by atoms with Crippen molar-refractivity contribution >= 4 is 17.3 Å². The second kappa shape index (κ2) is 5.27. The summed E-state index contributed by atoms with van der Waals surface area (Å²) in [4.78, 5) is 11.8. The topological polar surface area (TPSA) is 49.3 Å². The highest BCUT2D eigenvalue weighted by molar-refractivity contribution is 7.10. The molecular formula is C12H15NO2S. The summed E-state index contributed by atoms with van der Waals surface area (Å²) in [6.07, 6.45) is 7.82. The average Bonchev–Trinajstić information content (AvgIpc) is 2.76. The standard InChI is InChI=1S/C12H15NO2S/c14-12(15)9-6-11(16-8-9)7-13-10-4-2-1-3-5-10/h1-2,6,8,10,13H,3-5,7H2,(H,14,15). The molecule has 3 nitrogen and oxygen atoms in total. The zero-order valence-corrected chi connectivity index (χ0v) is 9.80. The number of carboxylic acids is 1. The molecule has 1 aromatic heterocycles. The number of hydrogen-bond acceptors (Lipinski definition) is 3. The molecule has 2 rings (SSSR count). The van der Waals surface area contributed by atoms with Crippen LogP contribution in [0.4, 0.5) is 0 Å². The van der Waals surface area contributed by atoms with Crippen LogP contribution in [0.3, 0.4) is 0 Å². The molecule has 1 aliphatic carbocycles. The van der Waals surface area contributed by atoms with E-state index in [4.69, 9.17) is 5.11 Å². The van der Waals surface area contributed by atoms with Gasteiger partial charge >= 0.3 is 5.97 Å². The van der Waals surface area contributed by atoms with Crippen molar-refractivity contribution in [1.82, 2.24) is 5.32 Å². The molecule has 0 aliphatic heterocycles. The van der Waals surface area contributed by atoms with Gasteiger partial charge in [-0.25, -0.2) is 4.79 Å². The Morgan fingerprint density at radius 3 is 3.06 bits per heavy atom. The van der Waals surface area contributed by atoms with Crippen LogP contribution in [0.5, 0.6) is 0 Å². The highest BCUT2D eigenvalue weighted by Gasteiger charge is 2.10. The van der Waals surface area contributed by atoms with Crippen LogP contribution in [-0.2, 0) is 6.54 Å². The van der Waals surface area contributed by atoms with Crippen molar-refractivity contribution in [3.8, 4) is 0 Å². The molecule has 0 spiro atoms. The SMILES string of the molecule is O=C(O)c1csc(CNC2CC=CCC2)c1. The smallest absolute Gasteiger partial charge is 0.336 e. The first-order valence-corrected chi connectivity index (χ1v) is 6.33. The quantitative estimate of drug-likeness (QED) is 0.791. The Morgan fingerprint density at radius 1 is 1.56 bits per heavy atom. The Kier molecular flexibility index (Phi) is 3.74. The van der Waals surface area contributed by atoms with E-state index in [1.807, 2.05) is 0 Å². The van der Waals surface area contributed by atoms with E-state index < -0.39 is 5.97 Å². The van der Waals surface area contributed by atoms with Gasteiger partial charge < -0.3 is 10.4 Å². The molecule has 0 saturated heterocycles. The molecule has 86 valence electrons. The molecule has 1 aromatic rings. The molecule has 2 N–H and O–H groups in total. The third-order valence-corrected chi connectivity index (χ3v) is 3.67. The number of aromatic carboxylic acids is 1. The van der Waals surface area contributed by atoms with Gasteiger partial charge in [-0.1, -0.05) is 12.2 Å². The molecule has 1 aliphatic rings. The molecule has 0 fully saturated rings. The zero-order valence-electron chi connectivity index (χ0n) is 8.98. The maximum absolute atomic E-state index is 10.7. The van der Waals surface area contributed by atoms with Crippen LogP contribution in [0.2, 0.25) is 0 Å². The maximum atomic E-state index is 10.7. The van der Waals surface area contributed by atoms with Gasteiger partial charge in [-0.2, -0.15) is 0 Å². The lowest BCUT2D eigenvalue weighted by atomic mass is 10.0. The summed E-state index contributed by atoms with van der Waals surface area (Å²) in [5.74, 6) is -0.844. The van der Waals surface area contributed by atoms with Crippen LogP contribution in [-0.4, -0.2) is 17.1 Å². The lowest BCUT2D eigenvalue weighted by Crippen LogP contribution is -2.28. The largest absolute Gasteiger partial charge is 0.478 e. The van der Waals surface area contributed by atoms with E-state index in [9.17, 15) is 4.79 Å². The molecule has 1 heterocycles. The summed E-state index contributed by atoms with van der Waals surface area (Å²) in [7, 11) is 0. The number of carboxylic acid groups (broad SMARTS) is 1. The minimum Gasteiger partial charge on any atom is -0.478 e. The summed E-state index contributed by atoms with van der Waals surface area (Å²) in [6.45, 7) is 0.774. The molecule has 0 radical (unpaired) electrons. The molecule has 0 saturated carbocycles. The van der Waals surface area contributed by atoms with Gasteiger partial charge in [0.2, 0.25) is 0 Å². The first-order valence-electron chi connectivity index (χ1n) is 5.45. The Balaban J connectivity index is 1.84. The first kappa shape index (κ1) is 11.4. The van der Waals surface area contributed by atoms with Crippen LogP contribution < -0.4 is 5.32 Å². The van der Waals surface area contributed by atoms with Gasteiger partial charge in [-0.15, -0.1) is 11.3 Å². The van der Waals surface area contributed by atoms with E-state index in [-0.39, 0.29) is 0 Å². The fraction of sp³-hybridized carbons (Fsp3) is 0.417. The van der Waals surface area contributed by atoms with Gasteiger partial charge in [0.25, 0.3) is 0 Å². The van der Waals surface area contributed by atoms with Gasteiger partial charge in [0.1, 0.15) is 0 Å². The van der Waals surface area contributed by atoms with E-state index in [1.54, 1.807) is 11.4 Å². The highest BCUT2D eigenvalue weighted by Crippen LogP contribution is 2.16. The molecule has 0 aromatic carbocycles. The predicted octanol–water partition coefficient (Wildman–Crippen LogP) is 2.64. The van der Waals surface area contributed by atoms with E-state index >= 15 is 0 Å². The van der Waals surface area contributed by atoms with Crippen LogP contribution in [0.1, 0.15) is 34.5 Å². The van der Waals surface area contributed by atoms with Crippen molar-refractivity contribution < 1.29 is 9.90 Å². The van der Waals surface area contributed by atoms with Crippen molar-refractivity contribution in [2.75, 3.05) is 0 Å². The number of allylic oxidation sites excluding steroid dienone is 1. The third-order valence-electron chi connectivity index (χ3n) is 2.73. The summed E-state index contributed by atoms with van der Waals surface area (Å²) in [5, 5.41) is 13.9. The van der Waals surface area contributed by atoms with Crippen molar-refractivity contribution in [2.24, 2.45) is 0 Å². The molecule has 4 heteroatoms. The van der Waals surface area contributed by atoms with E-state index in [1.165, 1.54) is 17.8 Å². The molecule has 16 heavy (non-hydrogen) atoms. The Bertz CT molecular complexity index is 397. The van der Waals surface area contributed by atoms with Crippen LogP contribution in [0.25, 0.3) is 0 Å². The number of rotatable bonds is 4. The summed E-state index contributed by atoms with van der Waals surface area (Å²) >= 11 is 1.51. The summed E-state index contributed by atoms with van der Waals surface area (Å²) < 4.78 is 0. The van der Waals surface area contributed by atoms with E-state index in [2.05, 4.69) is 17.5 Å². The second-order valence-corrected chi connectivity index (χ2v) is 4.96. The van der Waals surface area contributed by atoms with E-state index in [0.29, 0.717) is 11.6 Å². The van der Waals surface area contributed by atoms with Crippen LogP contribution in [0, 0.1) is 0 Å². The normalized spacial score (nSPS) is 19.9. The number of thiophene rings is 1. The Labute approximate surface area is 98.8 Å². The average molecular weight is 237 g/mol. The maximum Gasteiger partial charge on any atom is 0.336 e. The Morgan fingerprint density at radius 2 is 2.44 bits per heavy atom. The molecule has 0 bridgehead atoms. The van der Waals surface area contributed by atoms with Crippen molar-refractivity contribution in [3.63, 3.8) is 0 Å². The first-order chi connectivity index (χ1) is 7.75. The Hall–Kier alpha value is -1.13. The number of nitrogens with one attached hydrogen (secondary N) is 1. The third kappa shape index (κ3) is 2.93. The van der Waals surface area contributed by atoms with Gasteiger partial charge in [-0.05, 0) is 25.3 Å². The number of carbonyl (C=O) groups is 1. The van der Waals surface area contributed by atoms with Gasteiger partial charge in [0.15, 0.2) is 0 Å². The minimum atomic E-state index is -0.844. The monoisotopic (exact) mass is 237 g/mol. The van der Waals surface area contributed by atoms with Crippen LogP contribution >= 0.6 is 11.3 Å². The van der Waals surface area contributed by atoms with Gasteiger partial charge in [0.05, 0.1) is 5.56 Å². The van der Waals surface area contributed by atoms with Crippen molar-refractivity contribution in [2.45, 2.75) is 31.8 Å². The van der Waals surface area contributed by atoms with Gasteiger partial charge in [0, 0.05) is 22.8 Å². The fourth-order valence-corrected chi connectivity index (χ4v) is 2.62. The lowest BCUT2D eigenvalue weighted by molar-refractivity contribution is 0.0697. The molecule has 0 amide bonds. The molecule has 1 atom stereocenters. The van der Waals surface area contributed by atoms with Crippen molar-refractivity contribution in [1.29, 1.82) is 0 Å². The lowest BCUT2D eigenvalue weighted by Gasteiger charge is -2.18. The fourth-order valence-electron chi connectivity index (χ4n) is 1.81.